The summed E-state index contributed by atoms with van der Waals surface area (Å²) in [4.78, 5) is 0. The first-order valence-electron chi connectivity index (χ1n) is 5.17. The maximum atomic E-state index is 4.23. The van der Waals surface area contributed by atoms with Crippen LogP contribution in [0.3, 0.4) is 0 Å². The fourth-order valence-electron chi connectivity index (χ4n) is 1.25. The molecule has 0 atom stereocenters. The Morgan fingerprint density at radius 3 is 2.64 bits per heavy atom. The van der Waals surface area contributed by atoms with Crippen LogP contribution in [0.15, 0.2) is 12.4 Å². The molecule has 1 rings (SSSR count). The molecule has 0 saturated heterocycles. The molecule has 0 fully saturated rings. The van der Waals surface area contributed by atoms with Crippen LogP contribution in [0.4, 0.5) is 0 Å². The Morgan fingerprint density at radius 2 is 2.14 bits per heavy atom. The summed E-state index contributed by atoms with van der Waals surface area (Å²) in [5.74, 6) is 0. The van der Waals surface area contributed by atoms with Crippen LogP contribution < -0.4 is 5.32 Å². The number of nitrogens with zero attached hydrogens (tertiary/aromatic N) is 2. The van der Waals surface area contributed by atoms with Gasteiger partial charge in [0.2, 0.25) is 0 Å². The zero-order chi connectivity index (χ0) is 10.6. The minimum Gasteiger partial charge on any atom is -0.314 e. The van der Waals surface area contributed by atoms with E-state index in [1.54, 1.807) is 0 Å². The Kier molecular flexibility index (Phi) is 3.69. The summed E-state index contributed by atoms with van der Waals surface area (Å²) in [6.45, 7) is 11.7. The van der Waals surface area contributed by atoms with Crippen molar-refractivity contribution in [2.45, 2.75) is 34.2 Å². The average Bonchev–Trinajstić information content (AvgIpc) is 2.44. The maximum absolute atomic E-state index is 4.23. The highest BCUT2D eigenvalue weighted by molar-refractivity contribution is 4.99. The van der Waals surface area contributed by atoms with Crippen LogP contribution in [0.5, 0.6) is 0 Å². The van der Waals surface area contributed by atoms with E-state index in [4.69, 9.17) is 0 Å². The summed E-state index contributed by atoms with van der Waals surface area (Å²) < 4.78 is 1.98. The zero-order valence-electron chi connectivity index (χ0n) is 9.67. The number of hydrogen-bond donors (Lipinski definition) is 1. The molecule has 0 aromatic carbocycles. The molecule has 3 nitrogen and oxygen atoms in total. The van der Waals surface area contributed by atoms with Gasteiger partial charge in [0.15, 0.2) is 0 Å². The summed E-state index contributed by atoms with van der Waals surface area (Å²) >= 11 is 0. The zero-order valence-corrected chi connectivity index (χ0v) is 9.67. The van der Waals surface area contributed by atoms with Crippen LogP contribution in [0, 0.1) is 12.3 Å². The molecule has 0 bridgehead atoms. The van der Waals surface area contributed by atoms with Crippen molar-refractivity contribution in [3.8, 4) is 0 Å². The summed E-state index contributed by atoms with van der Waals surface area (Å²) in [7, 11) is 0. The molecule has 0 spiro atoms. The van der Waals surface area contributed by atoms with Crippen LogP contribution in [-0.4, -0.2) is 22.9 Å². The van der Waals surface area contributed by atoms with E-state index in [0.717, 1.165) is 19.6 Å². The SMILES string of the molecule is Cc1cnn(CCNCC(C)(C)C)c1. The largest absolute Gasteiger partial charge is 0.314 e. The maximum Gasteiger partial charge on any atom is 0.0534 e. The summed E-state index contributed by atoms with van der Waals surface area (Å²) in [6.07, 6.45) is 3.96. The molecule has 0 radical (unpaired) electrons. The van der Waals surface area contributed by atoms with Crippen LogP contribution >= 0.6 is 0 Å². The van der Waals surface area contributed by atoms with Crippen molar-refractivity contribution in [1.29, 1.82) is 0 Å². The molecule has 80 valence electrons. The minimum atomic E-state index is 0.361. The van der Waals surface area contributed by atoms with Gasteiger partial charge in [0, 0.05) is 19.3 Å². The average molecular weight is 195 g/mol. The fourth-order valence-corrected chi connectivity index (χ4v) is 1.25. The topological polar surface area (TPSA) is 29.9 Å². The molecule has 3 heteroatoms. The lowest BCUT2D eigenvalue weighted by Gasteiger charge is -2.18. The van der Waals surface area contributed by atoms with Crippen LogP contribution in [0.1, 0.15) is 26.3 Å². The number of hydrogen-bond acceptors (Lipinski definition) is 2. The van der Waals surface area contributed by atoms with Gasteiger partial charge in [0.1, 0.15) is 0 Å². The fraction of sp³-hybridized carbons (Fsp3) is 0.727. The van der Waals surface area contributed by atoms with Gasteiger partial charge in [0.25, 0.3) is 0 Å². The minimum absolute atomic E-state index is 0.361. The predicted octanol–water partition coefficient (Wildman–Crippen LogP) is 1.83. The van der Waals surface area contributed by atoms with Crippen molar-refractivity contribution in [2.24, 2.45) is 5.41 Å². The van der Waals surface area contributed by atoms with E-state index in [0.29, 0.717) is 5.41 Å². The molecule has 14 heavy (non-hydrogen) atoms. The van der Waals surface area contributed by atoms with Gasteiger partial charge >= 0.3 is 0 Å². The Morgan fingerprint density at radius 1 is 1.43 bits per heavy atom. The van der Waals surface area contributed by atoms with Gasteiger partial charge in [-0.3, -0.25) is 4.68 Å². The second kappa shape index (κ2) is 4.60. The van der Waals surface area contributed by atoms with Gasteiger partial charge in [-0.2, -0.15) is 5.10 Å². The van der Waals surface area contributed by atoms with Crippen LogP contribution in [-0.2, 0) is 6.54 Å². The molecule has 0 aliphatic rings. The molecular formula is C11H21N3. The molecule has 1 N–H and O–H groups in total. The Hall–Kier alpha value is -0.830. The molecule has 0 aliphatic heterocycles. The van der Waals surface area contributed by atoms with Gasteiger partial charge in [0.05, 0.1) is 12.7 Å². The molecule has 1 aromatic rings. The second-order valence-electron chi connectivity index (χ2n) is 5.02. The molecule has 1 heterocycles. The van der Waals surface area contributed by atoms with Crippen molar-refractivity contribution < 1.29 is 0 Å². The molecular weight excluding hydrogens is 174 g/mol. The highest BCUT2D eigenvalue weighted by Crippen LogP contribution is 2.09. The lowest BCUT2D eigenvalue weighted by molar-refractivity contribution is 0.373. The normalized spacial score (nSPS) is 12.0. The number of rotatable bonds is 4. The van der Waals surface area contributed by atoms with Crippen molar-refractivity contribution >= 4 is 0 Å². The first-order chi connectivity index (χ1) is 6.47. The number of aryl methyl sites for hydroxylation is 1. The third-order valence-electron chi connectivity index (χ3n) is 1.94. The third kappa shape index (κ3) is 4.42. The molecule has 0 unspecified atom stereocenters. The summed E-state index contributed by atoms with van der Waals surface area (Å²) in [5, 5.41) is 7.65. The smallest absolute Gasteiger partial charge is 0.0534 e. The Balaban J connectivity index is 2.16. The first kappa shape index (κ1) is 11.2. The monoisotopic (exact) mass is 195 g/mol. The van der Waals surface area contributed by atoms with E-state index >= 15 is 0 Å². The van der Waals surface area contributed by atoms with Gasteiger partial charge < -0.3 is 5.32 Å². The lowest BCUT2D eigenvalue weighted by Crippen LogP contribution is -2.29. The summed E-state index contributed by atoms with van der Waals surface area (Å²) in [6, 6.07) is 0. The first-order valence-corrected chi connectivity index (χ1v) is 5.17. The highest BCUT2D eigenvalue weighted by Gasteiger charge is 2.08. The van der Waals surface area contributed by atoms with Gasteiger partial charge in [-0.15, -0.1) is 0 Å². The third-order valence-corrected chi connectivity index (χ3v) is 1.94. The van der Waals surface area contributed by atoms with E-state index < -0.39 is 0 Å². The van der Waals surface area contributed by atoms with Gasteiger partial charge in [-0.25, -0.2) is 0 Å². The number of aromatic nitrogens is 2. The van der Waals surface area contributed by atoms with Crippen LogP contribution in [0.25, 0.3) is 0 Å². The van der Waals surface area contributed by atoms with E-state index in [9.17, 15) is 0 Å². The van der Waals surface area contributed by atoms with Crippen molar-refractivity contribution in [2.75, 3.05) is 13.1 Å². The molecule has 0 saturated carbocycles. The molecule has 0 aliphatic carbocycles. The molecule has 0 amide bonds. The highest BCUT2D eigenvalue weighted by atomic mass is 15.3. The standard InChI is InChI=1S/C11H21N3/c1-10-7-13-14(8-10)6-5-12-9-11(2,3)4/h7-8,12H,5-6,9H2,1-4H3. The van der Waals surface area contributed by atoms with E-state index in [1.807, 2.05) is 10.9 Å². The molecule has 1 aromatic heterocycles. The predicted molar refractivity (Wildman–Crippen MR) is 59.3 cm³/mol. The van der Waals surface area contributed by atoms with Crippen molar-refractivity contribution in [3.63, 3.8) is 0 Å². The number of nitrogens with one attached hydrogen (secondary N) is 1. The lowest BCUT2D eigenvalue weighted by atomic mass is 9.97. The van der Waals surface area contributed by atoms with Gasteiger partial charge in [-0.05, 0) is 17.9 Å². The van der Waals surface area contributed by atoms with Gasteiger partial charge in [-0.1, -0.05) is 20.8 Å². The Labute approximate surface area is 86.5 Å². The van der Waals surface area contributed by atoms with E-state index in [2.05, 4.69) is 44.3 Å². The van der Waals surface area contributed by atoms with Crippen molar-refractivity contribution in [3.05, 3.63) is 18.0 Å². The second-order valence-corrected chi connectivity index (χ2v) is 5.02. The summed E-state index contributed by atoms with van der Waals surface area (Å²) in [5.41, 5.74) is 1.58. The van der Waals surface area contributed by atoms with E-state index in [-0.39, 0.29) is 0 Å². The van der Waals surface area contributed by atoms with Crippen LogP contribution in [0.2, 0.25) is 0 Å². The van der Waals surface area contributed by atoms with E-state index in [1.165, 1.54) is 5.56 Å². The quantitative estimate of drug-likeness (QED) is 0.743. The Bertz CT molecular complexity index is 270. The van der Waals surface area contributed by atoms with Crippen molar-refractivity contribution in [1.82, 2.24) is 15.1 Å².